The van der Waals surface area contributed by atoms with Gasteiger partial charge in [-0.2, -0.15) is 0 Å². The Balaban J connectivity index is 1.69. The molecule has 1 saturated carbocycles. The van der Waals surface area contributed by atoms with E-state index in [1.54, 1.807) is 0 Å². The quantitative estimate of drug-likeness (QED) is 0.790. The van der Waals surface area contributed by atoms with Gasteiger partial charge in [0.15, 0.2) is 0 Å². The van der Waals surface area contributed by atoms with Crippen molar-refractivity contribution in [3.8, 4) is 0 Å². The maximum atomic E-state index is 3.61. The fourth-order valence-electron chi connectivity index (χ4n) is 3.31. The highest BCUT2D eigenvalue weighted by Gasteiger charge is 2.32. The molecule has 0 spiro atoms. The maximum Gasteiger partial charge on any atom is 0.0235 e. The summed E-state index contributed by atoms with van der Waals surface area (Å²) in [5, 5.41) is 3.61. The molecule has 2 rings (SSSR count). The van der Waals surface area contributed by atoms with Gasteiger partial charge in [-0.25, -0.2) is 0 Å². The Bertz CT molecular complexity index is 219. The van der Waals surface area contributed by atoms with Crippen LogP contribution in [-0.4, -0.2) is 36.6 Å². The van der Waals surface area contributed by atoms with E-state index in [0.717, 1.165) is 12.0 Å². The van der Waals surface area contributed by atoms with Crippen molar-refractivity contribution >= 4 is 0 Å². The summed E-state index contributed by atoms with van der Waals surface area (Å²) in [5.41, 5.74) is 0.353. The first kappa shape index (κ1) is 12.4. The smallest absolute Gasteiger partial charge is 0.0235 e. The molecular weight excluding hydrogens is 196 g/mol. The fraction of sp³-hybridized carbons (Fsp3) is 1.00. The summed E-state index contributed by atoms with van der Waals surface area (Å²) in [6, 6.07) is 0.761. The molecule has 0 amide bonds. The summed E-state index contributed by atoms with van der Waals surface area (Å²) in [6.07, 6.45) is 8.66. The number of nitrogens with one attached hydrogen (secondary N) is 1. The van der Waals surface area contributed by atoms with Gasteiger partial charge in [0.1, 0.15) is 0 Å². The first-order chi connectivity index (χ1) is 7.57. The van der Waals surface area contributed by atoms with Crippen molar-refractivity contribution in [3.05, 3.63) is 0 Å². The third kappa shape index (κ3) is 3.21. The summed E-state index contributed by atoms with van der Waals surface area (Å²) in [5.74, 6) is 1.03. The second-order valence-corrected chi connectivity index (χ2v) is 6.54. The van der Waals surface area contributed by atoms with Crippen LogP contribution in [0, 0.1) is 5.92 Å². The molecular formula is C14H28N2. The molecule has 1 saturated heterocycles. The highest BCUT2D eigenvalue weighted by Crippen LogP contribution is 2.28. The highest BCUT2D eigenvalue weighted by molar-refractivity contribution is 4.93. The lowest BCUT2D eigenvalue weighted by Gasteiger charge is -2.26. The molecule has 94 valence electrons. The molecule has 2 nitrogen and oxygen atoms in total. The zero-order chi connectivity index (χ0) is 11.6. The molecule has 0 bridgehead atoms. The molecule has 2 heteroatoms. The maximum absolute atomic E-state index is 3.61. The minimum atomic E-state index is 0.353. The van der Waals surface area contributed by atoms with Crippen molar-refractivity contribution in [2.24, 2.45) is 5.92 Å². The van der Waals surface area contributed by atoms with Gasteiger partial charge in [0.05, 0.1) is 0 Å². The van der Waals surface area contributed by atoms with E-state index in [-0.39, 0.29) is 0 Å². The van der Waals surface area contributed by atoms with Gasteiger partial charge in [-0.3, -0.25) is 0 Å². The average Bonchev–Trinajstić information content (AvgIpc) is 2.83. The molecule has 2 aliphatic rings. The van der Waals surface area contributed by atoms with Crippen LogP contribution < -0.4 is 5.32 Å². The molecule has 1 atom stereocenters. The predicted molar refractivity (Wildman–Crippen MR) is 69.7 cm³/mol. The summed E-state index contributed by atoms with van der Waals surface area (Å²) in [6.45, 7) is 7.11. The van der Waals surface area contributed by atoms with Crippen molar-refractivity contribution in [1.29, 1.82) is 0 Å². The zero-order valence-electron chi connectivity index (χ0n) is 11.3. The van der Waals surface area contributed by atoms with Crippen LogP contribution in [0.25, 0.3) is 0 Å². The largest absolute Gasteiger partial charge is 0.310 e. The third-order valence-electron chi connectivity index (χ3n) is 4.55. The standard InChI is InChI=1S/C14H28N2/c1-14(2)10-13(11-15-14)16(3)9-8-12-6-4-5-7-12/h12-13,15H,4-11H2,1-3H3. The summed E-state index contributed by atoms with van der Waals surface area (Å²) >= 11 is 0. The zero-order valence-corrected chi connectivity index (χ0v) is 11.3. The van der Waals surface area contributed by atoms with Crippen molar-refractivity contribution in [1.82, 2.24) is 10.2 Å². The van der Waals surface area contributed by atoms with Crippen LogP contribution in [0.1, 0.15) is 52.4 Å². The van der Waals surface area contributed by atoms with Crippen LogP contribution in [0.5, 0.6) is 0 Å². The van der Waals surface area contributed by atoms with Gasteiger partial charge in [-0.05, 0) is 46.2 Å². The molecule has 1 aliphatic heterocycles. The van der Waals surface area contributed by atoms with E-state index >= 15 is 0 Å². The van der Waals surface area contributed by atoms with E-state index in [4.69, 9.17) is 0 Å². The van der Waals surface area contributed by atoms with Gasteiger partial charge in [0, 0.05) is 18.1 Å². The molecule has 1 unspecified atom stereocenters. The third-order valence-corrected chi connectivity index (χ3v) is 4.55. The van der Waals surface area contributed by atoms with E-state index in [9.17, 15) is 0 Å². The van der Waals surface area contributed by atoms with E-state index in [1.165, 1.54) is 51.6 Å². The number of hydrogen-bond donors (Lipinski definition) is 1. The lowest BCUT2D eigenvalue weighted by Crippen LogP contribution is -2.34. The number of hydrogen-bond acceptors (Lipinski definition) is 2. The Morgan fingerprint density at radius 1 is 1.25 bits per heavy atom. The fourth-order valence-corrected chi connectivity index (χ4v) is 3.31. The minimum Gasteiger partial charge on any atom is -0.310 e. The lowest BCUT2D eigenvalue weighted by molar-refractivity contribution is 0.230. The molecule has 1 heterocycles. The first-order valence-corrected chi connectivity index (χ1v) is 7.02. The van der Waals surface area contributed by atoms with Gasteiger partial charge in [-0.1, -0.05) is 25.7 Å². The monoisotopic (exact) mass is 224 g/mol. The number of rotatable bonds is 4. The normalized spacial score (nSPS) is 30.4. The molecule has 0 aromatic heterocycles. The summed E-state index contributed by atoms with van der Waals surface area (Å²) in [7, 11) is 2.31. The first-order valence-electron chi connectivity index (χ1n) is 7.02. The number of nitrogens with zero attached hydrogens (tertiary/aromatic N) is 1. The Kier molecular flexibility index (Phi) is 3.91. The van der Waals surface area contributed by atoms with Crippen LogP contribution in [0.15, 0.2) is 0 Å². The van der Waals surface area contributed by atoms with Crippen molar-refractivity contribution in [2.45, 2.75) is 64.0 Å². The van der Waals surface area contributed by atoms with E-state index in [2.05, 4.69) is 31.1 Å². The van der Waals surface area contributed by atoms with Crippen molar-refractivity contribution < 1.29 is 0 Å². The Morgan fingerprint density at radius 2 is 1.94 bits per heavy atom. The van der Waals surface area contributed by atoms with Crippen molar-refractivity contribution in [3.63, 3.8) is 0 Å². The van der Waals surface area contributed by atoms with Crippen LogP contribution in [0.2, 0.25) is 0 Å². The highest BCUT2D eigenvalue weighted by atomic mass is 15.2. The molecule has 2 fully saturated rings. The average molecular weight is 224 g/mol. The molecule has 16 heavy (non-hydrogen) atoms. The Hall–Kier alpha value is -0.0800. The molecule has 1 aliphatic carbocycles. The molecule has 0 radical (unpaired) electrons. The van der Waals surface area contributed by atoms with Gasteiger partial charge in [0.25, 0.3) is 0 Å². The van der Waals surface area contributed by atoms with Crippen molar-refractivity contribution in [2.75, 3.05) is 20.1 Å². The lowest BCUT2D eigenvalue weighted by atomic mass is 9.99. The van der Waals surface area contributed by atoms with E-state index < -0.39 is 0 Å². The molecule has 1 N–H and O–H groups in total. The summed E-state index contributed by atoms with van der Waals surface area (Å²) < 4.78 is 0. The molecule has 0 aromatic rings. The Morgan fingerprint density at radius 3 is 2.50 bits per heavy atom. The Labute approximate surface area is 101 Å². The number of likely N-dealkylation sites (N-methyl/N-ethyl adjacent to an activating group) is 1. The van der Waals surface area contributed by atoms with Crippen LogP contribution in [0.3, 0.4) is 0 Å². The van der Waals surface area contributed by atoms with Crippen LogP contribution in [-0.2, 0) is 0 Å². The van der Waals surface area contributed by atoms with E-state index in [1.807, 2.05) is 0 Å². The SMILES string of the molecule is CN(CCC1CCCC1)C1CNC(C)(C)C1. The summed E-state index contributed by atoms with van der Waals surface area (Å²) in [4.78, 5) is 2.58. The van der Waals surface area contributed by atoms with Gasteiger partial charge < -0.3 is 10.2 Å². The second-order valence-electron chi connectivity index (χ2n) is 6.54. The van der Waals surface area contributed by atoms with Crippen LogP contribution in [0.4, 0.5) is 0 Å². The predicted octanol–water partition coefficient (Wildman–Crippen LogP) is 2.64. The van der Waals surface area contributed by atoms with Gasteiger partial charge >= 0.3 is 0 Å². The van der Waals surface area contributed by atoms with Crippen LogP contribution >= 0.6 is 0 Å². The minimum absolute atomic E-state index is 0.353. The topological polar surface area (TPSA) is 15.3 Å². The molecule has 0 aromatic carbocycles. The van der Waals surface area contributed by atoms with Gasteiger partial charge in [0.2, 0.25) is 0 Å². The second kappa shape index (κ2) is 5.05. The van der Waals surface area contributed by atoms with Gasteiger partial charge in [-0.15, -0.1) is 0 Å². The van der Waals surface area contributed by atoms with E-state index in [0.29, 0.717) is 5.54 Å².